The number of halogens is 1. The van der Waals surface area contributed by atoms with Crippen LogP contribution >= 0.6 is 15.9 Å². The molecule has 0 radical (unpaired) electrons. The summed E-state index contributed by atoms with van der Waals surface area (Å²) in [5.74, 6) is -2.68. The molecule has 0 aromatic heterocycles. The Hall–Kier alpha value is -2.06. The van der Waals surface area contributed by atoms with Gasteiger partial charge >= 0.3 is 5.97 Å². The van der Waals surface area contributed by atoms with Crippen LogP contribution in [0.1, 0.15) is 70.4 Å². The van der Waals surface area contributed by atoms with Crippen LogP contribution in [0.5, 0.6) is 5.75 Å². The van der Waals surface area contributed by atoms with Gasteiger partial charge in [-0.05, 0) is 59.8 Å². The summed E-state index contributed by atoms with van der Waals surface area (Å²) in [5.41, 5.74) is -4.57. The minimum Gasteiger partial charge on any atom is -0.479 e. The first-order chi connectivity index (χ1) is 19.6. The summed E-state index contributed by atoms with van der Waals surface area (Å²) in [6.45, 7) is 5.98. The highest BCUT2D eigenvalue weighted by Crippen LogP contribution is 2.51. The third-order valence-electron chi connectivity index (χ3n) is 9.19. The number of sulfone groups is 1. The third kappa shape index (κ3) is 5.40. The quantitative estimate of drug-likeness (QED) is 0.280. The van der Waals surface area contributed by atoms with Crippen molar-refractivity contribution in [2.24, 2.45) is 5.41 Å². The molecule has 2 aromatic carbocycles. The van der Waals surface area contributed by atoms with Crippen LogP contribution in [-0.4, -0.2) is 81.5 Å². The lowest BCUT2D eigenvalue weighted by molar-refractivity contribution is -0.332. The number of carboxylic acids is 1. The van der Waals surface area contributed by atoms with E-state index in [0.29, 0.717) is 18.4 Å². The van der Waals surface area contributed by atoms with E-state index in [1.54, 1.807) is 6.07 Å². The summed E-state index contributed by atoms with van der Waals surface area (Å²) in [6, 6.07) is 12.0. The second-order valence-corrected chi connectivity index (χ2v) is 14.6. The van der Waals surface area contributed by atoms with E-state index in [-0.39, 0.29) is 20.9 Å². The number of carboxylic acid groups (broad SMARTS) is 1. The summed E-state index contributed by atoms with van der Waals surface area (Å²) >= 11 is 3.42. The van der Waals surface area contributed by atoms with Gasteiger partial charge in [-0.15, -0.1) is 0 Å². The largest absolute Gasteiger partial charge is 0.479 e. The maximum atomic E-state index is 14.1. The van der Waals surface area contributed by atoms with Crippen LogP contribution in [0.15, 0.2) is 51.8 Å². The summed E-state index contributed by atoms with van der Waals surface area (Å²) in [6.07, 6.45) is -4.14. The number of carbonyl (C=O) groups is 1. The zero-order chi connectivity index (χ0) is 31.3. The number of fused-ring (bicyclic) bond motifs is 1. The van der Waals surface area contributed by atoms with E-state index in [9.17, 15) is 38.7 Å². The highest BCUT2D eigenvalue weighted by molar-refractivity contribution is 9.10. The third-order valence-corrected chi connectivity index (χ3v) is 11.8. The number of hydrogen-bond donors (Lipinski definition) is 5. The molecular formula is C30H39BrO10S. The normalized spacial score (nSPS) is 36.1. The number of benzene rings is 2. The molecule has 0 amide bonds. The van der Waals surface area contributed by atoms with Gasteiger partial charge in [0.05, 0.1) is 21.2 Å². The average molecular weight is 672 g/mol. The number of ether oxygens (including phenoxy) is 2. The Morgan fingerprint density at radius 2 is 1.74 bits per heavy atom. The number of unbranched alkanes of at least 4 members (excludes halogenated alkanes) is 1. The zero-order valence-electron chi connectivity index (χ0n) is 24.0. The first kappa shape index (κ1) is 32.8. The lowest BCUT2D eigenvalue weighted by atomic mass is 9.69. The maximum Gasteiger partial charge on any atom is 0.338 e. The Labute approximate surface area is 254 Å². The fourth-order valence-electron chi connectivity index (χ4n) is 6.15. The minimum atomic E-state index is -4.01. The molecule has 1 fully saturated rings. The molecular weight excluding hydrogens is 632 g/mol. The Bertz CT molecular complexity index is 1410. The van der Waals surface area contributed by atoms with Crippen molar-refractivity contribution in [2.45, 2.75) is 100.0 Å². The van der Waals surface area contributed by atoms with Gasteiger partial charge in [-0.25, -0.2) is 13.2 Å². The van der Waals surface area contributed by atoms with Gasteiger partial charge in [-0.1, -0.05) is 57.0 Å². The van der Waals surface area contributed by atoms with Gasteiger partial charge in [-0.3, -0.25) is 0 Å². The van der Waals surface area contributed by atoms with Gasteiger partial charge in [0.15, 0.2) is 15.4 Å². The first-order valence-corrected chi connectivity index (χ1v) is 16.5. The molecule has 5 unspecified atom stereocenters. The van der Waals surface area contributed by atoms with E-state index in [0.717, 1.165) is 32.3 Å². The SMILES string of the molecule is CCCC[C@]1(CC)CS(=O)(=O)c2cc(OC3OC(C)(C(=O)O)C(C)(O)C(O)C3O)c(Br)cc2[C@@H](c2ccccc2)[C@H]1O. The van der Waals surface area contributed by atoms with Crippen molar-refractivity contribution in [1.29, 1.82) is 0 Å². The van der Waals surface area contributed by atoms with E-state index in [4.69, 9.17) is 9.47 Å². The molecule has 10 nitrogen and oxygen atoms in total. The smallest absolute Gasteiger partial charge is 0.338 e. The molecule has 1 saturated heterocycles. The van der Waals surface area contributed by atoms with Crippen LogP contribution in [-0.2, 0) is 19.4 Å². The number of aliphatic hydroxyl groups excluding tert-OH is 3. The topological polar surface area (TPSA) is 171 Å². The molecule has 0 saturated carbocycles. The lowest BCUT2D eigenvalue weighted by Crippen LogP contribution is -2.73. The molecule has 12 heteroatoms. The van der Waals surface area contributed by atoms with Crippen molar-refractivity contribution in [2.75, 3.05) is 5.75 Å². The van der Waals surface area contributed by atoms with Crippen molar-refractivity contribution >= 4 is 31.7 Å². The monoisotopic (exact) mass is 670 g/mol. The van der Waals surface area contributed by atoms with Gasteiger partial charge in [0.25, 0.3) is 0 Å². The van der Waals surface area contributed by atoms with Crippen molar-refractivity contribution in [3.05, 3.63) is 58.1 Å². The van der Waals surface area contributed by atoms with Gasteiger partial charge < -0.3 is 35.0 Å². The Kier molecular flexibility index (Phi) is 9.22. The summed E-state index contributed by atoms with van der Waals surface area (Å²) in [4.78, 5) is 12.0. The van der Waals surface area contributed by atoms with Crippen molar-refractivity contribution in [3.63, 3.8) is 0 Å². The average Bonchev–Trinajstić information content (AvgIpc) is 3.00. The van der Waals surface area contributed by atoms with E-state index < -0.39 is 62.9 Å². The molecule has 4 rings (SSSR count). The molecule has 2 aliphatic heterocycles. The number of hydrogen-bond acceptors (Lipinski definition) is 9. The van der Waals surface area contributed by atoms with Crippen molar-refractivity contribution < 1.29 is 48.2 Å². The van der Waals surface area contributed by atoms with E-state index in [1.165, 1.54) is 6.07 Å². The van der Waals surface area contributed by atoms with E-state index in [1.807, 2.05) is 44.2 Å². The molecule has 232 valence electrons. The summed E-state index contributed by atoms with van der Waals surface area (Å²) in [7, 11) is -4.01. The predicted octanol–water partition coefficient (Wildman–Crippen LogP) is 3.37. The van der Waals surface area contributed by atoms with Crippen LogP contribution in [0.2, 0.25) is 0 Å². The first-order valence-electron chi connectivity index (χ1n) is 14.0. The molecule has 0 bridgehead atoms. The second-order valence-electron chi connectivity index (χ2n) is 11.8. The number of rotatable bonds is 8. The van der Waals surface area contributed by atoms with Crippen LogP contribution < -0.4 is 4.74 Å². The van der Waals surface area contributed by atoms with Gasteiger partial charge in [0.1, 0.15) is 23.6 Å². The molecule has 2 aromatic rings. The molecule has 8 atom stereocenters. The van der Waals surface area contributed by atoms with Gasteiger partial charge in [0.2, 0.25) is 6.29 Å². The Balaban J connectivity index is 1.86. The zero-order valence-corrected chi connectivity index (χ0v) is 26.4. The van der Waals surface area contributed by atoms with Crippen molar-refractivity contribution in [1.82, 2.24) is 0 Å². The summed E-state index contributed by atoms with van der Waals surface area (Å²) in [5, 5.41) is 53.8. The standard InChI is InChI=1S/C30H39BrO10S/c1-5-7-13-30(6-2)16-42(38,39)21-15-20(19(31)14-18(21)22(24(30)33)17-11-9-8-10-12-17)40-26-23(32)25(34)28(3,37)29(4,41-26)27(35)36/h8-12,14-15,22-26,32-34,37H,5-7,13,16H2,1-4H3,(H,35,36)/t22-,23?,24-,25?,26?,28?,29?,30-/m1/s1. The Morgan fingerprint density at radius 1 is 1.10 bits per heavy atom. The molecule has 2 heterocycles. The summed E-state index contributed by atoms with van der Waals surface area (Å²) < 4.78 is 39.8. The second kappa shape index (κ2) is 11.8. The maximum absolute atomic E-state index is 14.1. The van der Waals surface area contributed by atoms with Crippen LogP contribution in [0.25, 0.3) is 0 Å². The molecule has 2 aliphatic rings. The van der Waals surface area contributed by atoms with Gasteiger partial charge in [0, 0.05) is 17.4 Å². The van der Waals surface area contributed by atoms with Crippen molar-refractivity contribution in [3.8, 4) is 5.75 Å². The highest BCUT2D eigenvalue weighted by atomic mass is 79.9. The highest BCUT2D eigenvalue weighted by Gasteiger charge is 2.64. The fourth-order valence-corrected chi connectivity index (χ4v) is 8.87. The number of aliphatic hydroxyl groups is 4. The Morgan fingerprint density at radius 3 is 2.31 bits per heavy atom. The predicted molar refractivity (Wildman–Crippen MR) is 157 cm³/mol. The van der Waals surface area contributed by atoms with Crippen LogP contribution in [0, 0.1) is 5.41 Å². The lowest BCUT2D eigenvalue weighted by Gasteiger charge is -2.50. The fraction of sp³-hybridized carbons (Fsp3) is 0.567. The minimum absolute atomic E-state index is 0.0701. The van der Waals surface area contributed by atoms with Gasteiger partial charge in [-0.2, -0.15) is 0 Å². The molecule has 5 N–H and O–H groups in total. The molecule has 0 aliphatic carbocycles. The molecule has 0 spiro atoms. The van der Waals surface area contributed by atoms with Crippen LogP contribution in [0.3, 0.4) is 0 Å². The molecule has 42 heavy (non-hydrogen) atoms. The van der Waals surface area contributed by atoms with E-state index in [2.05, 4.69) is 15.9 Å². The van der Waals surface area contributed by atoms with E-state index >= 15 is 0 Å². The number of aliphatic carboxylic acids is 1. The van der Waals surface area contributed by atoms with Crippen LogP contribution in [0.4, 0.5) is 0 Å².